The highest BCUT2D eigenvalue weighted by Crippen LogP contribution is 2.18. The van der Waals surface area contributed by atoms with Crippen LogP contribution in [0, 0.1) is 5.92 Å². The van der Waals surface area contributed by atoms with Crippen LogP contribution in [0.3, 0.4) is 0 Å². The number of ether oxygens (including phenoxy) is 1. The zero-order chi connectivity index (χ0) is 21.3. The number of carbonyl (C=O) groups is 1. The van der Waals surface area contributed by atoms with Gasteiger partial charge in [0.25, 0.3) is 0 Å². The van der Waals surface area contributed by atoms with Gasteiger partial charge in [0.15, 0.2) is 5.96 Å². The van der Waals surface area contributed by atoms with Gasteiger partial charge in [-0.05, 0) is 30.4 Å². The molecule has 7 nitrogen and oxygen atoms in total. The van der Waals surface area contributed by atoms with Crippen LogP contribution in [0.15, 0.2) is 29.3 Å². The zero-order valence-corrected chi connectivity index (χ0v) is 18.7. The minimum absolute atomic E-state index is 0.0683. The summed E-state index contributed by atoms with van der Waals surface area (Å²) in [5, 5.41) is 6.59. The Kier molecular flexibility index (Phi) is 8.51. The van der Waals surface area contributed by atoms with Crippen LogP contribution < -0.4 is 10.6 Å². The van der Waals surface area contributed by atoms with Crippen molar-refractivity contribution >= 4 is 11.9 Å². The van der Waals surface area contributed by atoms with E-state index >= 15 is 0 Å². The van der Waals surface area contributed by atoms with E-state index in [1.807, 2.05) is 17.9 Å². The number of rotatable bonds is 7. The molecule has 0 aliphatic carbocycles. The van der Waals surface area contributed by atoms with Gasteiger partial charge >= 0.3 is 0 Å². The molecule has 1 fully saturated rings. The molecule has 1 aromatic carbocycles. The summed E-state index contributed by atoms with van der Waals surface area (Å²) in [6.07, 6.45) is 1.05. The van der Waals surface area contributed by atoms with Crippen LogP contribution in [-0.2, 0) is 22.5 Å². The first-order chi connectivity index (χ1) is 14.5. The number of fused-ring (bicyclic) bond motifs is 1. The van der Waals surface area contributed by atoms with E-state index in [1.165, 1.54) is 11.1 Å². The third-order valence-corrected chi connectivity index (χ3v) is 5.54. The maximum atomic E-state index is 12.7. The standard InChI is InChI=1S/C23H37N5O2/c1-4-24-23(25-13-21-17-27(11-12-30-21)15-18(2)3)26-14-22(29)28-10-9-19-7-5-6-8-20(19)16-28/h5-8,18,21H,4,9-17H2,1-3H3,(H2,24,25,26). The fraction of sp³-hybridized carbons (Fsp3) is 0.652. The van der Waals surface area contributed by atoms with E-state index in [2.05, 4.69) is 52.6 Å². The summed E-state index contributed by atoms with van der Waals surface area (Å²) in [7, 11) is 0. The second kappa shape index (κ2) is 11.3. The molecule has 0 bridgehead atoms. The van der Waals surface area contributed by atoms with Crippen LogP contribution in [0.4, 0.5) is 0 Å². The van der Waals surface area contributed by atoms with Crippen LogP contribution in [-0.4, -0.2) is 80.2 Å². The van der Waals surface area contributed by atoms with Gasteiger partial charge < -0.3 is 20.3 Å². The van der Waals surface area contributed by atoms with Crippen LogP contribution in [0.2, 0.25) is 0 Å². The topological polar surface area (TPSA) is 69.2 Å². The number of carbonyl (C=O) groups excluding carboxylic acids is 1. The lowest BCUT2D eigenvalue weighted by atomic mass is 10.00. The fourth-order valence-electron chi connectivity index (χ4n) is 4.09. The predicted molar refractivity (Wildman–Crippen MR) is 121 cm³/mol. The number of aliphatic imine (C=N–C) groups is 1. The number of benzene rings is 1. The average molecular weight is 416 g/mol. The highest BCUT2D eigenvalue weighted by molar-refractivity contribution is 5.85. The summed E-state index contributed by atoms with van der Waals surface area (Å²) < 4.78 is 5.91. The van der Waals surface area contributed by atoms with E-state index < -0.39 is 0 Å². The number of nitrogens with one attached hydrogen (secondary N) is 2. The molecule has 30 heavy (non-hydrogen) atoms. The number of nitrogens with zero attached hydrogens (tertiary/aromatic N) is 3. The van der Waals surface area contributed by atoms with Crippen molar-refractivity contribution in [2.75, 3.05) is 52.4 Å². The summed E-state index contributed by atoms with van der Waals surface area (Å²) in [6.45, 7) is 13.3. The molecule has 1 unspecified atom stereocenters. The molecule has 0 aromatic heterocycles. The largest absolute Gasteiger partial charge is 0.374 e. The van der Waals surface area contributed by atoms with E-state index in [4.69, 9.17) is 4.74 Å². The predicted octanol–water partition coefficient (Wildman–Crippen LogP) is 1.48. The Morgan fingerprint density at radius 2 is 2.03 bits per heavy atom. The van der Waals surface area contributed by atoms with Crippen molar-refractivity contribution in [1.29, 1.82) is 0 Å². The van der Waals surface area contributed by atoms with E-state index in [0.29, 0.717) is 25.0 Å². The lowest BCUT2D eigenvalue weighted by Gasteiger charge is -2.34. The Labute approximate surface area is 180 Å². The molecule has 2 aliphatic heterocycles. The van der Waals surface area contributed by atoms with E-state index in [0.717, 1.165) is 45.8 Å². The normalized spacial score (nSPS) is 20.2. The lowest BCUT2D eigenvalue weighted by Crippen LogP contribution is -2.50. The Hall–Kier alpha value is -2.12. The molecule has 0 radical (unpaired) electrons. The second-order valence-electron chi connectivity index (χ2n) is 8.56. The maximum absolute atomic E-state index is 12.7. The van der Waals surface area contributed by atoms with Gasteiger partial charge in [0.1, 0.15) is 6.54 Å². The molecule has 0 spiro atoms. The number of hydrogen-bond donors (Lipinski definition) is 2. The first-order valence-corrected chi connectivity index (χ1v) is 11.3. The lowest BCUT2D eigenvalue weighted by molar-refractivity contribution is -0.130. The SMILES string of the molecule is CCNC(=NCC(=O)N1CCc2ccccc2C1)NCC1CN(CC(C)C)CCO1. The van der Waals surface area contributed by atoms with Gasteiger partial charge in [-0.1, -0.05) is 38.1 Å². The van der Waals surface area contributed by atoms with Gasteiger partial charge in [-0.25, -0.2) is 4.99 Å². The molecular weight excluding hydrogens is 378 g/mol. The van der Waals surface area contributed by atoms with Crippen molar-refractivity contribution in [3.63, 3.8) is 0 Å². The molecule has 166 valence electrons. The first kappa shape index (κ1) is 22.6. The first-order valence-electron chi connectivity index (χ1n) is 11.3. The Morgan fingerprint density at radius 1 is 1.23 bits per heavy atom. The quantitative estimate of drug-likeness (QED) is 0.522. The van der Waals surface area contributed by atoms with Crippen molar-refractivity contribution in [3.05, 3.63) is 35.4 Å². The van der Waals surface area contributed by atoms with Gasteiger partial charge in [0.05, 0.1) is 12.7 Å². The average Bonchev–Trinajstić information content (AvgIpc) is 2.75. The molecule has 2 N–H and O–H groups in total. The van der Waals surface area contributed by atoms with E-state index in [9.17, 15) is 4.79 Å². The number of amides is 1. The number of guanidine groups is 1. The van der Waals surface area contributed by atoms with Gasteiger partial charge in [0.2, 0.25) is 5.91 Å². The summed E-state index contributed by atoms with van der Waals surface area (Å²) in [4.78, 5) is 21.6. The van der Waals surface area contributed by atoms with Crippen molar-refractivity contribution in [3.8, 4) is 0 Å². The zero-order valence-electron chi connectivity index (χ0n) is 18.7. The summed E-state index contributed by atoms with van der Waals surface area (Å²) >= 11 is 0. The molecule has 1 saturated heterocycles. The van der Waals surface area contributed by atoms with Crippen LogP contribution in [0.1, 0.15) is 31.9 Å². The van der Waals surface area contributed by atoms with E-state index in [-0.39, 0.29) is 18.6 Å². The molecule has 1 amide bonds. The van der Waals surface area contributed by atoms with Crippen LogP contribution in [0.5, 0.6) is 0 Å². The molecule has 7 heteroatoms. The minimum atomic E-state index is 0.0683. The molecular formula is C23H37N5O2. The van der Waals surface area contributed by atoms with Crippen LogP contribution >= 0.6 is 0 Å². The van der Waals surface area contributed by atoms with Crippen molar-refractivity contribution in [1.82, 2.24) is 20.4 Å². The highest BCUT2D eigenvalue weighted by Gasteiger charge is 2.22. The molecule has 1 aromatic rings. The molecule has 2 heterocycles. The summed E-state index contributed by atoms with van der Waals surface area (Å²) in [5.74, 6) is 1.40. The van der Waals surface area contributed by atoms with Crippen molar-refractivity contribution in [2.24, 2.45) is 10.9 Å². The molecule has 3 rings (SSSR count). The summed E-state index contributed by atoms with van der Waals surface area (Å²) in [5.41, 5.74) is 2.59. The van der Waals surface area contributed by atoms with Crippen molar-refractivity contribution in [2.45, 2.75) is 39.8 Å². The third kappa shape index (κ3) is 6.71. The van der Waals surface area contributed by atoms with Gasteiger partial charge in [0, 0.05) is 45.8 Å². The smallest absolute Gasteiger partial charge is 0.244 e. The molecule has 1 atom stereocenters. The monoisotopic (exact) mass is 415 g/mol. The van der Waals surface area contributed by atoms with Gasteiger partial charge in [-0.2, -0.15) is 0 Å². The van der Waals surface area contributed by atoms with Gasteiger partial charge in [-0.3, -0.25) is 9.69 Å². The molecule has 0 saturated carbocycles. The van der Waals surface area contributed by atoms with E-state index in [1.54, 1.807) is 0 Å². The maximum Gasteiger partial charge on any atom is 0.244 e. The Morgan fingerprint density at radius 3 is 2.80 bits per heavy atom. The Balaban J connectivity index is 1.49. The minimum Gasteiger partial charge on any atom is -0.374 e. The van der Waals surface area contributed by atoms with Crippen LogP contribution in [0.25, 0.3) is 0 Å². The number of morpholine rings is 1. The number of hydrogen-bond acceptors (Lipinski definition) is 4. The van der Waals surface area contributed by atoms with Gasteiger partial charge in [-0.15, -0.1) is 0 Å². The highest BCUT2D eigenvalue weighted by atomic mass is 16.5. The molecule has 2 aliphatic rings. The third-order valence-electron chi connectivity index (χ3n) is 5.54. The Bertz CT molecular complexity index is 721. The van der Waals surface area contributed by atoms with Crippen molar-refractivity contribution < 1.29 is 9.53 Å². The fourth-order valence-corrected chi connectivity index (χ4v) is 4.09. The summed E-state index contributed by atoms with van der Waals surface area (Å²) in [6, 6.07) is 8.36. The second-order valence-corrected chi connectivity index (χ2v) is 8.56.